The molecule has 2 amide bonds. The third-order valence-corrected chi connectivity index (χ3v) is 6.59. The van der Waals surface area contributed by atoms with Crippen molar-refractivity contribution in [3.8, 4) is 11.1 Å². The first-order valence-corrected chi connectivity index (χ1v) is 12.7. The van der Waals surface area contributed by atoms with E-state index in [1.54, 1.807) is 25.5 Å². The van der Waals surface area contributed by atoms with Crippen molar-refractivity contribution >= 4 is 39.6 Å². The van der Waals surface area contributed by atoms with E-state index in [1.807, 2.05) is 32.9 Å². The molecule has 0 radical (unpaired) electrons. The number of hydrogen-bond acceptors (Lipinski definition) is 6. The lowest BCUT2D eigenvalue weighted by molar-refractivity contribution is 0.0500. The number of anilines is 1. The molecule has 1 fully saturated rings. The number of carbonyl (C=O) groups is 2. The second kappa shape index (κ2) is 9.92. The average Bonchev–Trinajstić information content (AvgIpc) is 3.30. The number of ether oxygens (including phenoxy) is 1. The third kappa shape index (κ3) is 5.11. The van der Waals surface area contributed by atoms with Gasteiger partial charge in [-0.3, -0.25) is 9.78 Å². The lowest BCUT2D eigenvalue weighted by Gasteiger charge is -2.35. The summed E-state index contributed by atoms with van der Waals surface area (Å²) in [6, 6.07) is 6.90. The number of pyridine rings is 2. The van der Waals surface area contributed by atoms with Crippen molar-refractivity contribution in [3.05, 3.63) is 54.2 Å². The largest absolute Gasteiger partial charge is 0.444 e. The van der Waals surface area contributed by atoms with Gasteiger partial charge in [0.2, 0.25) is 0 Å². The molecule has 1 aromatic carbocycles. The minimum Gasteiger partial charge on any atom is -0.444 e. The molecule has 1 aliphatic heterocycles. The fraction of sp³-hybridized carbons (Fsp3) is 0.357. The summed E-state index contributed by atoms with van der Waals surface area (Å²) in [6.07, 6.45) is 6.13. The highest BCUT2D eigenvalue weighted by Crippen LogP contribution is 2.35. The molecule has 9 nitrogen and oxygen atoms in total. The second-order valence-corrected chi connectivity index (χ2v) is 10.5. The van der Waals surface area contributed by atoms with Crippen molar-refractivity contribution < 1.29 is 18.7 Å². The maximum absolute atomic E-state index is 15.4. The maximum Gasteiger partial charge on any atom is 0.407 e. The van der Waals surface area contributed by atoms with Crippen LogP contribution in [0, 0.1) is 5.82 Å². The van der Waals surface area contributed by atoms with Crippen LogP contribution in [0.25, 0.3) is 33.1 Å². The van der Waals surface area contributed by atoms with Crippen LogP contribution in [0.3, 0.4) is 0 Å². The molecule has 0 unspecified atom stereocenters. The highest BCUT2D eigenvalue weighted by Gasteiger charge is 2.26. The number of carbonyl (C=O) groups excluding carboxylic acids is 2. The van der Waals surface area contributed by atoms with Crippen LogP contribution in [0.1, 0.15) is 44.0 Å². The molecule has 38 heavy (non-hydrogen) atoms. The normalized spacial score (nSPS) is 16.0. The van der Waals surface area contributed by atoms with Gasteiger partial charge >= 0.3 is 6.09 Å². The standard InChI is InChI=1S/C28H31FN6O3/c1-28(2,3)38-27(37)34-18-6-5-9-35(15-18)23-7-8-31-24-20(23)10-16(12-22(24)29)21-14-33-25-19(21)11-17(13-32-25)26(36)30-4/h7-8,10-14,18H,5-6,9,15H2,1-4H3,(H,30,36)(H,32,33)(H,34,37)/t18-/m1/s1. The van der Waals surface area contributed by atoms with E-state index in [1.165, 1.54) is 12.3 Å². The lowest BCUT2D eigenvalue weighted by Crippen LogP contribution is -2.49. The highest BCUT2D eigenvalue weighted by molar-refractivity contribution is 6.03. The summed E-state index contributed by atoms with van der Waals surface area (Å²) in [5.74, 6) is -0.688. The predicted molar refractivity (Wildman–Crippen MR) is 145 cm³/mol. The van der Waals surface area contributed by atoms with E-state index in [4.69, 9.17) is 4.74 Å². The molecule has 3 aromatic heterocycles. The molecule has 10 heteroatoms. The summed E-state index contributed by atoms with van der Waals surface area (Å²) >= 11 is 0. The molecule has 4 heterocycles. The van der Waals surface area contributed by atoms with Crippen LogP contribution >= 0.6 is 0 Å². The quantitative estimate of drug-likeness (QED) is 0.359. The van der Waals surface area contributed by atoms with Crippen LogP contribution in [0.2, 0.25) is 0 Å². The molecule has 0 saturated carbocycles. The number of fused-ring (bicyclic) bond motifs is 2. The Labute approximate surface area is 219 Å². The van der Waals surface area contributed by atoms with E-state index in [-0.39, 0.29) is 17.5 Å². The molecule has 1 aliphatic rings. The van der Waals surface area contributed by atoms with Crippen LogP contribution in [0.5, 0.6) is 0 Å². The van der Waals surface area contributed by atoms with Gasteiger partial charge in [-0.05, 0) is 63.4 Å². The van der Waals surface area contributed by atoms with Crippen molar-refractivity contribution in [2.24, 2.45) is 0 Å². The van der Waals surface area contributed by atoms with Crippen LogP contribution in [0.4, 0.5) is 14.9 Å². The molecule has 3 N–H and O–H groups in total. The molecule has 1 atom stereocenters. The average molecular weight is 519 g/mol. The molecule has 0 aliphatic carbocycles. The Morgan fingerprint density at radius 1 is 1.18 bits per heavy atom. The second-order valence-electron chi connectivity index (χ2n) is 10.5. The first kappa shape index (κ1) is 25.4. The first-order chi connectivity index (χ1) is 18.1. The SMILES string of the molecule is CNC(=O)c1cnc2[nH]cc(-c3cc(F)c4nccc(N5CCC[C@@H](NC(=O)OC(C)(C)C)C5)c4c3)c2c1. The van der Waals surface area contributed by atoms with Gasteiger partial charge < -0.3 is 25.3 Å². The number of benzene rings is 1. The number of halogens is 1. The Morgan fingerprint density at radius 3 is 2.76 bits per heavy atom. The first-order valence-electron chi connectivity index (χ1n) is 12.7. The van der Waals surface area contributed by atoms with Crippen LogP contribution in [-0.2, 0) is 4.74 Å². The summed E-state index contributed by atoms with van der Waals surface area (Å²) in [6.45, 7) is 6.83. The molecule has 198 valence electrons. The van der Waals surface area contributed by atoms with Gasteiger partial charge in [0.05, 0.1) is 5.56 Å². The van der Waals surface area contributed by atoms with Gasteiger partial charge in [0.1, 0.15) is 22.6 Å². The Kier molecular flexibility index (Phi) is 6.64. The number of nitrogens with one attached hydrogen (secondary N) is 3. The van der Waals surface area contributed by atoms with Gasteiger partial charge in [-0.15, -0.1) is 0 Å². The predicted octanol–water partition coefficient (Wildman–Crippen LogP) is 4.77. The van der Waals surface area contributed by atoms with E-state index in [0.717, 1.165) is 36.0 Å². The number of aromatic nitrogens is 3. The van der Waals surface area contributed by atoms with Gasteiger partial charge in [0.15, 0.2) is 0 Å². The molecule has 4 aromatic rings. The Bertz CT molecular complexity index is 1530. The van der Waals surface area contributed by atoms with E-state index < -0.39 is 17.5 Å². The number of amides is 2. The van der Waals surface area contributed by atoms with Crippen LogP contribution in [0.15, 0.2) is 42.9 Å². The molecule has 0 bridgehead atoms. The van der Waals surface area contributed by atoms with Gasteiger partial charge in [0, 0.05) is 66.8 Å². The van der Waals surface area contributed by atoms with Gasteiger partial charge in [-0.2, -0.15) is 0 Å². The molecule has 5 rings (SSSR count). The van der Waals surface area contributed by atoms with E-state index >= 15 is 4.39 Å². The Balaban J connectivity index is 1.50. The number of piperidine rings is 1. The molecular formula is C28H31FN6O3. The maximum atomic E-state index is 15.4. The fourth-order valence-electron chi connectivity index (χ4n) is 4.93. The van der Waals surface area contributed by atoms with E-state index in [9.17, 15) is 9.59 Å². The monoisotopic (exact) mass is 518 g/mol. The topological polar surface area (TPSA) is 112 Å². The zero-order valence-electron chi connectivity index (χ0n) is 21.9. The van der Waals surface area contributed by atoms with Crippen LogP contribution in [-0.4, -0.2) is 58.7 Å². The molecule has 0 spiro atoms. The highest BCUT2D eigenvalue weighted by atomic mass is 19.1. The minimum atomic E-state index is -0.577. The van der Waals surface area contributed by atoms with E-state index in [0.29, 0.717) is 28.7 Å². The number of aromatic amines is 1. The van der Waals surface area contributed by atoms with Gasteiger partial charge in [-0.1, -0.05) is 0 Å². The van der Waals surface area contributed by atoms with Crippen molar-refractivity contribution in [3.63, 3.8) is 0 Å². The lowest BCUT2D eigenvalue weighted by atomic mass is 10.00. The number of nitrogens with zero attached hydrogens (tertiary/aromatic N) is 3. The zero-order chi connectivity index (χ0) is 27.0. The zero-order valence-corrected chi connectivity index (χ0v) is 21.9. The summed E-state index contributed by atoms with van der Waals surface area (Å²) in [5.41, 5.74) is 2.94. The van der Waals surface area contributed by atoms with Crippen molar-refractivity contribution in [1.82, 2.24) is 25.6 Å². The number of hydrogen-bond donors (Lipinski definition) is 3. The Morgan fingerprint density at radius 2 is 2.00 bits per heavy atom. The smallest absolute Gasteiger partial charge is 0.407 e. The van der Waals surface area contributed by atoms with Crippen LogP contribution < -0.4 is 15.5 Å². The fourth-order valence-corrected chi connectivity index (χ4v) is 4.93. The number of rotatable bonds is 4. The van der Waals surface area contributed by atoms with Gasteiger partial charge in [0.25, 0.3) is 5.91 Å². The van der Waals surface area contributed by atoms with E-state index in [2.05, 4.69) is 30.5 Å². The molecular weight excluding hydrogens is 487 g/mol. The molecule has 1 saturated heterocycles. The summed E-state index contributed by atoms with van der Waals surface area (Å²) in [7, 11) is 1.56. The third-order valence-electron chi connectivity index (χ3n) is 6.59. The Hall–Kier alpha value is -4.21. The van der Waals surface area contributed by atoms with Crippen molar-refractivity contribution in [2.75, 3.05) is 25.0 Å². The van der Waals surface area contributed by atoms with Crippen molar-refractivity contribution in [1.29, 1.82) is 0 Å². The summed E-state index contributed by atoms with van der Waals surface area (Å²) in [4.78, 5) is 38.4. The number of H-pyrrole nitrogens is 1. The summed E-state index contributed by atoms with van der Waals surface area (Å²) < 4.78 is 20.8. The van der Waals surface area contributed by atoms with Crippen molar-refractivity contribution in [2.45, 2.75) is 45.3 Å². The minimum absolute atomic E-state index is 0.0994. The number of alkyl carbamates (subject to hydrolysis) is 1. The summed E-state index contributed by atoms with van der Waals surface area (Å²) in [5, 5.41) is 6.96. The van der Waals surface area contributed by atoms with Gasteiger partial charge in [-0.25, -0.2) is 14.2 Å².